The molecular weight excluding hydrogens is 300 g/mol. The molecule has 23 heavy (non-hydrogen) atoms. The van der Waals surface area contributed by atoms with Crippen LogP contribution in [0.1, 0.15) is 18.9 Å². The van der Waals surface area contributed by atoms with Crippen molar-refractivity contribution in [2.45, 2.75) is 19.8 Å². The summed E-state index contributed by atoms with van der Waals surface area (Å²) >= 11 is 0. The predicted octanol–water partition coefficient (Wildman–Crippen LogP) is 0.422. The first kappa shape index (κ1) is 19.1. The number of aliphatic hydroxyl groups is 2. The summed E-state index contributed by atoms with van der Waals surface area (Å²) < 4.78 is 10.9. The molecule has 0 aliphatic heterocycles. The van der Waals surface area contributed by atoms with Crippen molar-refractivity contribution in [3.63, 3.8) is 0 Å². The molecule has 130 valence electrons. The molecule has 4 N–H and O–H groups in total. The van der Waals surface area contributed by atoms with Gasteiger partial charge in [0.1, 0.15) is 0 Å². The van der Waals surface area contributed by atoms with E-state index in [1.165, 1.54) is 12.0 Å². The van der Waals surface area contributed by atoms with Gasteiger partial charge in [-0.15, -0.1) is 0 Å². The fourth-order valence-corrected chi connectivity index (χ4v) is 2.33. The monoisotopic (exact) mass is 326 g/mol. The average molecular weight is 326 g/mol. The fraction of sp³-hybridized carbons (Fsp3) is 0.562. The molecule has 0 aliphatic rings. The van der Waals surface area contributed by atoms with Gasteiger partial charge in [0, 0.05) is 36.8 Å². The highest BCUT2D eigenvalue weighted by molar-refractivity contribution is 5.76. The van der Waals surface area contributed by atoms with Gasteiger partial charge in [0.05, 0.1) is 26.9 Å². The molecular formula is C16H26N2O5. The van der Waals surface area contributed by atoms with E-state index in [9.17, 15) is 4.79 Å². The number of hydrogen-bond acceptors (Lipinski definition) is 6. The van der Waals surface area contributed by atoms with Gasteiger partial charge in [-0.3, -0.25) is 4.79 Å². The number of nitrogens with zero attached hydrogens (tertiary/aromatic N) is 1. The Labute approximate surface area is 136 Å². The van der Waals surface area contributed by atoms with Gasteiger partial charge in [-0.05, 0) is 19.4 Å². The van der Waals surface area contributed by atoms with Gasteiger partial charge in [-0.25, -0.2) is 0 Å². The zero-order valence-electron chi connectivity index (χ0n) is 13.7. The van der Waals surface area contributed by atoms with Crippen LogP contribution in [0.2, 0.25) is 0 Å². The SMILES string of the molecule is CCOc1c(CCC(=O)N(CCO)CCO)cc(N)cc1OC. The minimum absolute atomic E-state index is 0.137. The molecule has 0 radical (unpaired) electrons. The van der Waals surface area contributed by atoms with E-state index in [4.69, 9.17) is 25.4 Å². The van der Waals surface area contributed by atoms with Crippen molar-refractivity contribution in [2.24, 2.45) is 0 Å². The van der Waals surface area contributed by atoms with Gasteiger partial charge in [0.25, 0.3) is 0 Å². The molecule has 0 fully saturated rings. The Hall–Kier alpha value is -1.99. The van der Waals surface area contributed by atoms with Gasteiger partial charge >= 0.3 is 0 Å². The number of hydrogen-bond donors (Lipinski definition) is 3. The van der Waals surface area contributed by atoms with Crippen LogP contribution < -0.4 is 15.2 Å². The first-order chi connectivity index (χ1) is 11.1. The summed E-state index contributed by atoms with van der Waals surface area (Å²) in [6.07, 6.45) is 0.662. The van der Waals surface area contributed by atoms with Crippen molar-refractivity contribution >= 4 is 11.6 Å². The molecule has 1 aromatic rings. The normalized spacial score (nSPS) is 10.4. The second-order valence-electron chi connectivity index (χ2n) is 4.97. The topological polar surface area (TPSA) is 105 Å². The number of rotatable bonds is 10. The van der Waals surface area contributed by atoms with Gasteiger partial charge in [-0.1, -0.05) is 0 Å². The van der Waals surface area contributed by atoms with Crippen LogP contribution in [0, 0.1) is 0 Å². The van der Waals surface area contributed by atoms with Gasteiger partial charge < -0.3 is 30.3 Å². The number of amides is 1. The van der Waals surface area contributed by atoms with E-state index in [0.717, 1.165) is 5.56 Å². The molecule has 0 spiro atoms. The standard InChI is InChI=1S/C16H26N2O5/c1-3-23-16-12(10-13(17)11-14(16)22-2)4-5-15(21)18(6-8-19)7-9-20/h10-11,19-20H,3-9,17H2,1-2H3. The third-order valence-electron chi connectivity index (χ3n) is 3.36. The van der Waals surface area contributed by atoms with Crippen LogP contribution in [0.5, 0.6) is 11.5 Å². The lowest BCUT2D eigenvalue weighted by Crippen LogP contribution is -2.36. The lowest BCUT2D eigenvalue weighted by molar-refractivity contribution is -0.132. The molecule has 1 rings (SSSR count). The van der Waals surface area contributed by atoms with Crippen LogP contribution >= 0.6 is 0 Å². The second kappa shape index (κ2) is 9.91. The average Bonchev–Trinajstić information content (AvgIpc) is 2.54. The Kier molecular flexibility index (Phi) is 8.21. The second-order valence-corrected chi connectivity index (χ2v) is 4.97. The highest BCUT2D eigenvalue weighted by Crippen LogP contribution is 2.34. The number of nitrogen functional groups attached to an aromatic ring is 1. The zero-order chi connectivity index (χ0) is 17.2. The number of carbonyl (C=O) groups excluding carboxylic acids is 1. The third kappa shape index (κ3) is 5.61. The Balaban J connectivity index is 2.86. The van der Waals surface area contributed by atoms with Crippen LogP contribution in [0.3, 0.4) is 0 Å². The number of aryl methyl sites for hydroxylation is 1. The van der Waals surface area contributed by atoms with Crippen LogP contribution in [-0.4, -0.2) is 61.0 Å². The van der Waals surface area contributed by atoms with E-state index in [0.29, 0.717) is 30.2 Å². The smallest absolute Gasteiger partial charge is 0.223 e. The number of ether oxygens (including phenoxy) is 2. The van der Waals surface area contributed by atoms with E-state index in [1.54, 1.807) is 12.1 Å². The van der Waals surface area contributed by atoms with E-state index in [2.05, 4.69) is 0 Å². The predicted molar refractivity (Wildman–Crippen MR) is 87.6 cm³/mol. The Morgan fingerprint density at radius 1 is 1.26 bits per heavy atom. The molecule has 0 aromatic heterocycles. The number of nitrogens with two attached hydrogens (primary N) is 1. The van der Waals surface area contributed by atoms with Crippen molar-refractivity contribution in [1.29, 1.82) is 0 Å². The lowest BCUT2D eigenvalue weighted by atomic mass is 10.1. The Bertz CT molecular complexity index is 501. The first-order valence-electron chi connectivity index (χ1n) is 7.66. The van der Waals surface area contributed by atoms with Gasteiger partial charge in [0.15, 0.2) is 11.5 Å². The van der Waals surface area contributed by atoms with Crippen molar-refractivity contribution in [2.75, 3.05) is 45.8 Å². The highest BCUT2D eigenvalue weighted by atomic mass is 16.5. The number of methoxy groups -OCH3 is 1. The highest BCUT2D eigenvalue weighted by Gasteiger charge is 2.16. The molecule has 0 bridgehead atoms. The minimum atomic E-state index is -0.142. The molecule has 7 heteroatoms. The van der Waals surface area contributed by atoms with Crippen LogP contribution in [-0.2, 0) is 11.2 Å². The summed E-state index contributed by atoms with van der Waals surface area (Å²) in [7, 11) is 1.54. The summed E-state index contributed by atoms with van der Waals surface area (Å²) in [5.41, 5.74) is 7.20. The maximum Gasteiger partial charge on any atom is 0.223 e. The van der Waals surface area contributed by atoms with Gasteiger partial charge in [-0.2, -0.15) is 0 Å². The molecule has 7 nitrogen and oxygen atoms in total. The molecule has 0 aliphatic carbocycles. The summed E-state index contributed by atoms with van der Waals surface area (Å²) in [5, 5.41) is 18.0. The molecule has 0 unspecified atom stereocenters. The largest absolute Gasteiger partial charge is 0.493 e. The number of carbonyl (C=O) groups is 1. The van der Waals surface area contributed by atoms with E-state index in [1.807, 2.05) is 6.92 Å². The van der Waals surface area contributed by atoms with Crippen molar-refractivity contribution < 1.29 is 24.5 Å². The zero-order valence-corrected chi connectivity index (χ0v) is 13.7. The van der Waals surface area contributed by atoms with Crippen molar-refractivity contribution in [3.05, 3.63) is 17.7 Å². The quantitative estimate of drug-likeness (QED) is 0.538. The first-order valence-corrected chi connectivity index (χ1v) is 7.66. The summed E-state index contributed by atoms with van der Waals surface area (Å²) in [4.78, 5) is 13.6. The van der Waals surface area contributed by atoms with E-state index in [-0.39, 0.29) is 38.6 Å². The molecule has 1 amide bonds. The third-order valence-corrected chi connectivity index (χ3v) is 3.36. The van der Waals surface area contributed by atoms with E-state index >= 15 is 0 Å². The maximum absolute atomic E-state index is 12.2. The van der Waals surface area contributed by atoms with Crippen molar-refractivity contribution in [3.8, 4) is 11.5 Å². The number of aliphatic hydroxyl groups excluding tert-OH is 2. The molecule has 1 aromatic carbocycles. The van der Waals surface area contributed by atoms with Gasteiger partial charge in [0.2, 0.25) is 5.91 Å². The fourth-order valence-electron chi connectivity index (χ4n) is 2.33. The molecule has 0 saturated carbocycles. The molecule has 0 heterocycles. The molecule has 0 atom stereocenters. The summed E-state index contributed by atoms with van der Waals surface area (Å²) in [6.45, 7) is 2.48. The lowest BCUT2D eigenvalue weighted by Gasteiger charge is -2.21. The van der Waals surface area contributed by atoms with Crippen molar-refractivity contribution in [1.82, 2.24) is 4.90 Å². The summed E-state index contributed by atoms with van der Waals surface area (Å²) in [6, 6.07) is 3.45. The Morgan fingerprint density at radius 2 is 1.91 bits per heavy atom. The van der Waals surface area contributed by atoms with Crippen LogP contribution in [0.15, 0.2) is 12.1 Å². The minimum Gasteiger partial charge on any atom is -0.493 e. The maximum atomic E-state index is 12.2. The Morgan fingerprint density at radius 3 is 2.43 bits per heavy atom. The number of benzene rings is 1. The van der Waals surface area contributed by atoms with Crippen LogP contribution in [0.4, 0.5) is 5.69 Å². The van der Waals surface area contributed by atoms with Crippen LogP contribution in [0.25, 0.3) is 0 Å². The van der Waals surface area contributed by atoms with E-state index < -0.39 is 0 Å². The number of anilines is 1. The molecule has 0 saturated heterocycles. The summed E-state index contributed by atoms with van der Waals surface area (Å²) in [5.74, 6) is 0.988.